The Morgan fingerprint density at radius 1 is 1.42 bits per heavy atom. The molecule has 0 bridgehead atoms. The van der Waals surface area contributed by atoms with E-state index in [9.17, 15) is 14.9 Å². The van der Waals surface area contributed by atoms with Gasteiger partial charge in [0.15, 0.2) is 0 Å². The Balaban J connectivity index is 1.84. The van der Waals surface area contributed by atoms with Crippen molar-refractivity contribution < 1.29 is 9.72 Å². The molecule has 0 aliphatic rings. The normalized spacial score (nSPS) is 10.1. The van der Waals surface area contributed by atoms with Crippen molar-refractivity contribution in [1.29, 1.82) is 0 Å². The molecule has 98 valence electrons. The third-order valence-corrected chi connectivity index (χ3v) is 3.21. The molecule has 8 heteroatoms. The highest BCUT2D eigenvalue weighted by molar-refractivity contribution is 8.00. The second-order valence-electron chi connectivity index (χ2n) is 3.57. The molecule has 2 aromatic rings. The number of rotatable bonds is 5. The average molecular weight is 278 g/mol. The van der Waals surface area contributed by atoms with Crippen molar-refractivity contribution in [2.45, 2.75) is 4.90 Å². The first-order chi connectivity index (χ1) is 9.15. The van der Waals surface area contributed by atoms with Crippen LogP contribution in [0.25, 0.3) is 0 Å². The summed E-state index contributed by atoms with van der Waals surface area (Å²) >= 11 is 1.31. The van der Waals surface area contributed by atoms with Gasteiger partial charge in [-0.25, -0.2) is 0 Å². The van der Waals surface area contributed by atoms with Gasteiger partial charge in [0.05, 0.1) is 22.6 Å². The van der Waals surface area contributed by atoms with E-state index in [4.69, 9.17) is 0 Å². The third-order valence-electron chi connectivity index (χ3n) is 2.20. The summed E-state index contributed by atoms with van der Waals surface area (Å²) in [6.45, 7) is 0. The zero-order chi connectivity index (χ0) is 13.7. The molecule has 1 aromatic carbocycles. The summed E-state index contributed by atoms with van der Waals surface area (Å²) in [6, 6.07) is 6.06. The Bertz CT molecular complexity index is 568. The largest absolute Gasteiger partial charge is 0.323 e. The van der Waals surface area contributed by atoms with Crippen LogP contribution in [0.4, 0.5) is 11.4 Å². The number of carbonyl (C=O) groups excluding carboxylic acids is 1. The number of amides is 1. The number of H-pyrrole nitrogens is 1. The van der Waals surface area contributed by atoms with Gasteiger partial charge >= 0.3 is 0 Å². The maximum absolute atomic E-state index is 11.6. The fourth-order valence-electron chi connectivity index (χ4n) is 1.33. The molecule has 0 aliphatic heterocycles. The summed E-state index contributed by atoms with van der Waals surface area (Å²) in [5.74, 6) is 0.0629. The molecule has 0 fully saturated rings. The zero-order valence-corrected chi connectivity index (χ0v) is 10.5. The Kier molecular flexibility index (Phi) is 4.14. The number of hydrogen-bond donors (Lipinski definition) is 2. The number of hydrogen-bond acceptors (Lipinski definition) is 5. The summed E-state index contributed by atoms with van der Waals surface area (Å²) < 4.78 is 0. The van der Waals surface area contributed by atoms with Crippen LogP contribution in [0, 0.1) is 10.1 Å². The first-order valence-corrected chi connectivity index (χ1v) is 6.29. The van der Waals surface area contributed by atoms with E-state index >= 15 is 0 Å². The minimum atomic E-state index is -0.458. The topological polar surface area (TPSA) is 101 Å². The van der Waals surface area contributed by atoms with Crippen molar-refractivity contribution in [3.63, 3.8) is 0 Å². The van der Waals surface area contributed by atoms with Gasteiger partial charge in [0.2, 0.25) is 5.91 Å². The summed E-state index contributed by atoms with van der Waals surface area (Å²) in [5.41, 5.74) is 0.640. The van der Waals surface area contributed by atoms with Crippen molar-refractivity contribution >= 4 is 29.0 Å². The number of nitro benzene ring substituents is 1. The van der Waals surface area contributed by atoms with E-state index in [2.05, 4.69) is 15.5 Å². The molecule has 0 spiro atoms. The Morgan fingerprint density at radius 3 is 2.74 bits per heavy atom. The minimum absolute atomic E-state index is 0.0344. The van der Waals surface area contributed by atoms with Crippen LogP contribution in [-0.4, -0.2) is 26.8 Å². The van der Waals surface area contributed by atoms with Crippen LogP contribution < -0.4 is 5.32 Å². The average Bonchev–Trinajstić information content (AvgIpc) is 2.89. The van der Waals surface area contributed by atoms with Gasteiger partial charge in [-0.3, -0.25) is 20.0 Å². The second-order valence-corrected chi connectivity index (χ2v) is 4.62. The van der Waals surface area contributed by atoms with Crippen LogP contribution in [0.2, 0.25) is 0 Å². The lowest BCUT2D eigenvalue weighted by Gasteiger charge is -2.02. The molecule has 0 aliphatic carbocycles. The van der Waals surface area contributed by atoms with Gasteiger partial charge in [-0.15, -0.1) is 11.8 Å². The summed E-state index contributed by atoms with van der Waals surface area (Å²) in [6.07, 6.45) is 3.09. The van der Waals surface area contributed by atoms with Crippen LogP contribution in [0.15, 0.2) is 41.6 Å². The third kappa shape index (κ3) is 3.81. The van der Waals surface area contributed by atoms with Gasteiger partial charge < -0.3 is 5.32 Å². The number of aromatic nitrogens is 2. The Hall–Kier alpha value is -2.35. The highest BCUT2D eigenvalue weighted by Gasteiger charge is 2.07. The highest BCUT2D eigenvalue weighted by atomic mass is 32.2. The van der Waals surface area contributed by atoms with E-state index in [1.165, 1.54) is 30.1 Å². The molecular formula is C11H10N4O3S. The minimum Gasteiger partial charge on any atom is -0.323 e. The standard InChI is InChI=1S/C11H10N4O3S/c16-11(14-8-5-12-13-6-8)7-19-10-3-1-9(2-4-10)15(17)18/h1-6H,7H2,(H,12,13)(H,14,16). The van der Waals surface area contributed by atoms with E-state index in [0.29, 0.717) is 5.69 Å². The van der Waals surface area contributed by atoms with E-state index < -0.39 is 4.92 Å². The number of non-ortho nitro benzene ring substituents is 1. The number of nitrogens with zero attached hydrogens (tertiary/aromatic N) is 2. The lowest BCUT2D eigenvalue weighted by molar-refractivity contribution is -0.384. The van der Waals surface area contributed by atoms with E-state index in [-0.39, 0.29) is 17.3 Å². The molecule has 0 saturated carbocycles. The predicted octanol–water partition coefficient (Wildman–Crippen LogP) is 2.05. The summed E-state index contributed by atoms with van der Waals surface area (Å²) in [5, 5.41) is 19.4. The van der Waals surface area contributed by atoms with Crippen molar-refractivity contribution in [2.24, 2.45) is 0 Å². The van der Waals surface area contributed by atoms with Gasteiger partial charge in [-0.1, -0.05) is 0 Å². The Labute approximate surface area is 112 Å². The van der Waals surface area contributed by atoms with Gasteiger partial charge in [0.25, 0.3) is 5.69 Å². The van der Waals surface area contributed by atoms with Crippen LogP contribution in [0.5, 0.6) is 0 Å². The fraction of sp³-hybridized carbons (Fsp3) is 0.0909. The molecule has 0 radical (unpaired) electrons. The number of benzene rings is 1. The molecule has 0 saturated heterocycles. The lowest BCUT2D eigenvalue weighted by atomic mass is 10.3. The van der Waals surface area contributed by atoms with Gasteiger partial charge in [0.1, 0.15) is 0 Å². The molecule has 2 N–H and O–H groups in total. The number of thioether (sulfide) groups is 1. The number of nitro groups is 1. The summed E-state index contributed by atoms with van der Waals surface area (Å²) in [7, 11) is 0. The quantitative estimate of drug-likeness (QED) is 0.495. The Morgan fingerprint density at radius 2 is 2.16 bits per heavy atom. The van der Waals surface area contributed by atoms with Crippen molar-refractivity contribution in [3.05, 3.63) is 46.8 Å². The van der Waals surface area contributed by atoms with Crippen LogP contribution in [0.3, 0.4) is 0 Å². The van der Waals surface area contributed by atoms with Gasteiger partial charge in [0, 0.05) is 23.2 Å². The SMILES string of the molecule is O=C(CSc1ccc([N+](=O)[O-])cc1)Nc1cn[nH]c1. The van der Waals surface area contributed by atoms with Crippen molar-refractivity contribution in [3.8, 4) is 0 Å². The molecule has 2 rings (SSSR count). The highest BCUT2D eigenvalue weighted by Crippen LogP contribution is 2.21. The molecular weight excluding hydrogens is 268 g/mol. The fourth-order valence-corrected chi connectivity index (χ4v) is 2.03. The molecule has 1 aromatic heterocycles. The maximum atomic E-state index is 11.6. The molecule has 0 unspecified atom stereocenters. The summed E-state index contributed by atoms with van der Waals surface area (Å²) in [4.78, 5) is 22.4. The second kappa shape index (κ2) is 6.01. The molecule has 0 atom stereocenters. The molecule has 1 heterocycles. The van der Waals surface area contributed by atoms with Gasteiger partial charge in [-0.05, 0) is 12.1 Å². The number of nitrogens with one attached hydrogen (secondary N) is 2. The smallest absolute Gasteiger partial charge is 0.269 e. The monoisotopic (exact) mass is 278 g/mol. The molecule has 19 heavy (non-hydrogen) atoms. The van der Waals surface area contributed by atoms with E-state index in [1.807, 2.05) is 0 Å². The van der Waals surface area contributed by atoms with E-state index in [1.54, 1.807) is 18.3 Å². The van der Waals surface area contributed by atoms with Crippen molar-refractivity contribution in [1.82, 2.24) is 10.2 Å². The molecule has 1 amide bonds. The van der Waals surface area contributed by atoms with Crippen LogP contribution in [0.1, 0.15) is 0 Å². The zero-order valence-electron chi connectivity index (χ0n) is 9.70. The van der Waals surface area contributed by atoms with Crippen LogP contribution >= 0.6 is 11.8 Å². The number of carbonyl (C=O) groups is 1. The predicted molar refractivity (Wildman–Crippen MR) is 71.0 cm³/mol. The number of anilines is 1. The number of aromatic amines is 1. The van der Waals surface area contributed by atoms with Crippen molar-refractivity contribution in [2.75, 3.05) is 11.1 Å². The molecule has 7 nitrogen and oxygen atoms in total. The maximum Gasteiger partial charge on any atom is 0.269 e. The first kappa shape index (κ1) is 13.1. The first-order valence-electron chi connectivity index (χ1n) is 5.31. The van der Waals surface area contributed by atoms with Crippen LogP contribution in [-0.2, 0) is 4.79 Å². The van der Waals surface area contributed by atoms with Gasteiger partial charge in [-0.2, -0.15) is 5.10 Å². The van der Waals surface area contributed by atoms with E-state index in [0.717, 1.165) is 4.90 Å². The lowest BCUT2D eigenvalue weighted by Crippen LogP contribution is -2.13.